The van der Waals surface area contributed by atoms with Crippen molar-refractivity contribution in [3.05, 3.63) is 58.9 Å². The Morgan fingerprint density at radius 2 is 1.95 bits per heavy atom. The van der Waals surface area contributed by atoms with Crippen molar-refractivity contribution >= 4 is 22.6 Å². The second-order valence-electron chi connectivity index (χ2n) is 4.04. The molecule has 0 radical (unpaired) electrons. The van der Waals surface area contributed by atoms with Gasteiger partial charge in [-0.1, -0.05) is 29.8 Å². The topological polar surface area (TPSA) is 36.9 Å². The molecule has 92 valence electrons. The first-order valence-corrected chi connectivity index (χ1v) is 5.95. The molecule has 3 aromatic rings. The number of hydrogen-bond donors (Lipinski definition) is 0. The van der Waals surface area contributed by atoms with Crippen LogP contribution in [0.3, 0.4) is 0 Å². The molecule has 0 saturated carbocycles. The van der Waals surface area contributed by atoms with Crippen LogP contribution in [-0.4, -0.2) is 0 Å². The molecule has 1 heterocycles. The van der Waals surface area contributed by atoms with Crippen LogP contribution in [-0.2, 0) is 0 Å². The summed E-state index contributed by atoms with van der Waals surface area (Å²) < 4.78 is 19.2. The van der Waals surface area contributed by atoms with Crippen LogP contribution in [0.2, 0.25) is 5.02 Å². The summed E-state index contributed by atoms with van der Waals surface area (Å²) in [5.41, 5.74) is 0.930. The molecule has 2 nitrogen and oxygen atoms in total. The molecule has 0 unspecified atom stereocenters. The fourth-order valence-electron chi connectivity index (χ4n) is 2.00. The average Bonchev–Trinajstić information content (AvgIpc) is 2.84. The molecule has 2 aromatic carbocycles. The summed E-state index contributed by atoms with van der Waals surface area (Å²) in [5.74, 6) is -0.134. The molecule has 0 fully saturated rings. The Morgan fingerprint density at radius 1 is 1.16 bits per heavy atom. The molecule has 19 heavy (non-hydrogen) atoms. The number of fused-ring (bicyclic) bond motifs is 1. The maximum atomic E-state index is 13.6. The van der Waals surface area contributed by atoms with Gasteiger partial charge in [0.05, 0.1) is 10.6 Å². The van der Waals surface area contributed by atoms with Crippen LogP contribution >= 0.6 is 11.6 Å². The van der Waals surface area contributed by atoms with E-state index in [9.17, 15) is 4.39 Å². The zero-order chi connectivity index (χ0) is 13.4. The van der Waals surface area contributed by atoms with E-state index in [-0.39, 0.29) is 5.56 Å². The van der Waals surface area contributed by atoms with E-state index in [0.717, 1.165) is 5.39 Å². The number of rotatable bonds is 1. The number of nitriles is 1. The van der Waals surface area contributed by atoms with Crippen molar-refractivity contribution in [3.8, 4) is 17.4 Å². The van der Waals surface area contributed by atoms with Crippen LogP contribution < -0.4 is 0 Å². The fraction of sp³-hybridized carbons (Fsp3) is 0. The smallest absolute Gasteiger partial charge is 0.153 e. The third-order valence-electron chi connectivity index (χ3n) is 2.89. The SMILES string of the molecule is N#Cc1c(F)cccc1-c1cc2cccc(Cl)c2o1. The lowest BCUT2D eigenvalue weighted by atomic mass is 10.1. The minimum atomic E-state index is -0.563. The van der Waals surface area contributed by atoms with Crippen molar-refractivity contribution in [2.24, 2.45) is 0 Å². The predicted molar refractivity (Wildman–Crippen MR) is 71.3 cm³/mol. The van der Waals surface area contributed by atoms with Gasteiger partial charge in [-0.05, 0) is 24.3 Å². The summed E-state index contributed by atoms with van der Waals surface area (Å²) in [6.07, 6.45) is 0. The largest absolute Gasteiger partial charge is 0.454 e. The van der Waals surface area contributed by atoms with E-state index in [1.165, 1.54) is 6.07 Å². The van der Waals surface area contributed by atoms with Gasteiger partial charge in [-0.3, -0.25) is 0 Å². The number of para-hydroxylation sites is 1. The highest BCUT2D eigenvalue weighted by molar-refractivity contribution is 6.34. The zero-order valence-electron chi connectivity index (χ0n) is 9.65. The van der Waals surface area contributed by atoms with Crippen LogP contribution in [0.15, 0.2) is 46.9 Å². The molecular weight excluding hydrogens is 265 g/mol. The number of benzene rings is 2. The highest BCUT2D eigenvalue weighted by Gasteiger charge is 2.14. The van der Waals surface area contributed by atoms with Gasteiger partial charge in [-0.2, -0.15) is 5.26 Å². The van der Waals surface area contributed by atoms with Gasteiger partial charge in [-0.15, -0.1) is 0 Å². The van der Waals surface area contributed by atoms with Crippen molar-refractivity contribution in [1.29, 1.82) is 5.26 Å². The maximum absolute atomic E-state index is 13.6. The Balaban J connectivity index is 2.29. The summed E-state index contributed by atoms with van der Waals surface area (Å²) in [6, 6.07) is 13.4. The molecule has 3 rings (SSSR count). The lowest BCUT2D eigenvalue weighted by Gasteiger charge is -2.00. The first-order valence-electron chi connectivity index (χ1n) is 5.58. The van der Waals surface area contributed by atoms with Crippen molar-refractivity contribution in [2.75, 3.05) is 0 Å². The van der Waals surface area contributed by atoms with Gasteiger partial charge in [0, 0.05) is 10.9 Å². The minimum absolute atomic E-state index is 0.0299. The highest BCUT2D eigenvalue weighted by atomic mass is 35.5. The van der Waals surface area contributed by atoms with E-state index in [4.69, 9.17) is 21.3 Å². The first kappa shape index (κ1) is 11.8. The quantitative estimate of drug-likeness (QED) is 0.639. The second-order valence-corrected chi connectivity index (χ2v) is 4.45. The van der Waals surface area contributed by atoms with Crippen LogP contribution in [0.5, 0.6) is 0 Å². The third-order valence-corrected chi connectivity index (χ3v) is 3.18. The summed E-state index contributed by atoms with van der Waals surface area (Å²) in [5, 5.41) is 10.3. The van der Waals surface area contributed by atoms with Crippen molar-refractivity contribution < 1.29 is 8.81 Å². The molecule has 0 aliphatic rings. The summed E-state index contributed by atoms with van der Waals surface area (Å²) in [6.45, 7) is 0. The molecule has 0 aliphatic heterocycles. The van der Waals surface area contributed by atoms with Crippen LogP contribution in [0.4, 0.5) is 4.39 Å². The van der Waals surface area contributed by atoms with Gasteiger partial charge in [0.2, 0.25) is 0 Å². The molecule has 0 aliphatic carbocycles. The lowest BCUT2D eigenvalue weighted by Crippen LogP contribution is -1.87. The van der Waals surface area contributed by atoms with Crippen LogP contribution in [0, 0.1) is 17.1 Å². The molecule has 0 spiro atoms. The highest BCUT2D eigenvalue weighted by Crippen LogP contribution is 2.33. The monoisotopic (exact) mass is 271 g/mol. The molecule has 0 saturated heterocycles. The number of halogens is 2. The number of hydrogen-bond acceptors (Lipinski definition) is 2. The van der Waals surface area contributed by atoms with Gasteiger partial charge in [-0.25, -0.2) is 4.39 Å². The van der Waals surface area contributed by atoms with Crippen molar-refractivity contribution in [3.63, 3.8) is 0 Å². The van der Waals surface area contributed by atoms with Crippen molar-refractivity contribution in [1.82, 2.24) is 0 Å². The minimum Gasteiger partial charge on any atom is -0.454 e. The maximum Gasteiger partial charge on any atom is 0.153 e. The third kappa shape index (κ3) is 1.87. The van der Waals surface area contributed by atoms with Crippen LogP contribution in [0.25, 0.3) is 22.3 Å². The molecule has 0 bridgehead atoms. The Morgan fingerprint density at radius 3 is 2.68 bits per heavy atom. The number of nitrogens with zero attached hydrogens (tertiary/aromatic N) is 1. The summed E-state index contributed by atoms with van der Waals surface area (Å²) in [7, 11) is 0. The molecule has 1 aromatic heterocycles. The van der Waals surface area contributed by atoms with Crippen molar-refractivity contribution in [2.45, 2.75) is 0 Å². The Kier molecular flexibility index (Phi) is 2.73. The fourth-order valence-corrected chi connectivity index (χ4v) is 2.22. The molecule has 0 N–H and O–H groups in total. The molecule has 0 amide bonds. The van der Waals surface area contributed by atoms with E-state index in [1.807, 2.05) is 12.1 Å². The second kappa shape index (κ2) is 4.42. The average molecular weight is 272 g/mol. The van der Waals surface area contributed by atoms with E-state index < -0.39 is 5.82 Å². The van der Waals surface area contributed by atoms with Gasteiger partial charge >= 0.3 is 0 Å². The van der Waals surface area contributed by atoms with Gasteiger partial charge < -0.3 is 4.42 Å². The van der Waals surface area contributed by atoms with E-state index in [2.05, 4.69) is 0 Å². The van der Waals surface area contributed by atoms with Gasteiger partial charge in [0.15, 0.2) is 5.58 Å². The standard InChI is InChI=1S/C15H7ClFNO/c16-12-5-1-3-9-7-14(19-15(9)12)10-4-2-6-13(17)11(10)8-18/h1-7H. The molecule has 0 atom stereocenters. The van der Waals surface area contributed by atoms with E-state index >= 15 is 0 Å². The summed E-state index contributed by atoms with van der Waals surface area (Å²) in [4.78, 5) is 0. The summed E-state index contributed by atoms with van der Waals surface area (Å²) >= 11 is 6.03. The Labute approximate surface area is 113 Å². The Hall–Kier alpha value is -2.31. The van der Waals surface area contributed by atoms with E-state index in [0.29, 0.717) is 21.9 Å². The molecule has 4 heteroatoms. The van der Waals surface area contributed by atoms with Crippen LogP contribution in [0.1, 0.15) is 5.56 Å². The predicted octanol–water partition coefficient (Wildman–Crippen LogP) is 4.76. The number of furan rings is 1. The van der Waals surface area contributed by atoms with Gasteiger partial charge in [0.1, 0.15) is 17.6 Å². The normalized spacial score (nSPS) is 10.6. The van der Waals surface area contributed by atoms with Gasteiger partial charge in [0.25, 0.3) is 0 Å². The molecular formula is C15H7ClFNO. The zero-order valence-corrected chi connectivity index (χ0v) is 10.4. The van der Waals surface area contributed by atoms with E-state index in [1.54, 1.807) is 30.3 Å². The Bertz CT molecular complexity index is 817. The lowest BCUT2D eigenvalue weighted by molar-refractivity contribution is 0.615. The first-order chi connectivity index (χ1) is 9.20.